The van der Waals surface area contributed by atoms with Gasteiger partial charge in [-0.05, 0) is 37.6 Å². The van der Waals surface area contributed by atoms with Gasteiger partial charge in [0.15, 0.2) is 0 Å². The van der Waals surface area contributed by atoms with Crippen molar-refractivity contribution < 1.29 is 9.21 Å². The van der Waals surface area contributed by atoms with Crippen molar-refractivity contribution in [2.75, 3.05) is 20.1 Å². The van der Waals surface area contributed by atoms with Crippen LogP contribution in [-0.4, -0.2) is 30.9 Å². The Morgan fingerprint density at radius 1 is 1.65 bits per heavy atom. The number of halogens is 1. The van der Waals surface area contributed by atoms with Crippen LogP contribution in [0.25, 0.3) is 0 Å². The van der Waals surface area contributed by atoms with E-state index in [1.807, 2.05) is 19.2 Å². The number of carbonyl (C=O) groups is 1. The molecule has 2 rings (SSSR count). The predicted molar refractivity (Wildman–Crippen MR) is 68.0 cm³/mol. The van der Waals surface area contributed by atoms with Gasteiger partial charge in [-0.1, -0.05) is 0 Å². The molecule has 4 nitrogen and oxygen atoms in total. The Morgan fingerprint density at radius 2 is 2.47 bits per heavy atom. The van der Waals surface area contributed by atoms with Crippen LogP contribution < -0.4 is 5.32 Å². The molecular formula is C12H19ClN2O2. The van der Waals surface area contributed by atoms with E-state index in [0.717, 1.165) is 25.3 Å². The van der Waals surface area contributed by atoms with Gasteiger partial charge in [-0.3, -0.25) is 4.79 Å². The molecule has 5 heteroatoms. The molecule has 1 atom stereocenters. The lowest BCUT2D eigenvalue weighted by Gasteiger charge is -2.17. The molecular weight excluding hydrogens is 240 g/mol. The standard InChI is InChI=1S/C12H18N2O2.ClH/c1-14(9-11-3-2-6-16-11)12(15)7-10-4-5-13-8-10;/h2-3,6,10,13H,4-5,7-9H2,1H3;1H. The first-order valence-electron chi connectivity index (χ1n) is 5.73. The van der Waals surface area contributed by atoms with E-state index in [0.29, 0.717) is 18.9 Å². The number of hydrogen-bond acceptors (Lipinski definition) is 3. The second-order valence-electron chi connectivity index (χ2n) is 4.39. The van der Waals surface area contributed by atoms with E-state index in [-0.39, 0.29) is 18.3 Å². The minimum Gasteiger partial charge on any atom is -0.467 e. The first kappa shape index (κ1) is 14.1. The smallest absolute Gasteiger partial charge is 0.223 e. The molecule has 0 saturated carbocycles. The summed E-state index contributed by atoms with van der Waals surface area (Å²) in [5, 5.41) is 3.27. The van der Waals surface area contributed by atoms with Crippen LogP contribution >= 0.6 is 12.4 Å². The molecule has 0 aliphatic carbocycles. The molecule has 96 valence electrons. The number of furan rings is 1. The lowest BCUT2D eigenvalue weighted by Crippen LogP contribution is -2.28. The fraction of sp³-hybridized carbons (Fsp3) is 0.583. The minimum absolute atomic E-state index is 0. The third-order valence-electron chi connectivity index (χ3n) is 3.02. The molecule has 1 aromatic heterocycles. The topological polar surface area (TPSA) is 45.5 Å². The predicted octanol–water partition coefficient (Wildman–Crippen LogP) is 1.66. The Morgan fingerprint density at radius 3 is 3.06 bits per heavy atom. The quantitative estimate of drug-likeness (QED) is 0.894. The summed E-state index contributed by atoms with van der Waals surface area (Å²) >= 11 is 0. The molecule has 1 aliphatic rings. The van der Waals surface area contributed by atoms with Crippen LogP contribution in [0.15, 0.2) is 22.8 Å². The van der Waals surface area contributed by atoms with Gasteiger partial charge in [-0.25, -0.2) is 0 Å². The van der Waals surface area contributed by atoms with E-state index in [1.54, 1.807) is 11.2 Å². The first-order valence-corrected chi connectivity index (χ1v) is 5.73. The molecule has 0 aromatic carbocycles. The third kappa shape index (κ3) is 4.06. The Balaban J connectivity index is 0.00000144. The second-order valence-corrected chi connectivity index (χ2v) is 4.39. The summed E-state index contributed by atoms with van der Waals surface area (Å²) in [5.41, 5.74) is 0. The average Bonchev–Trinajstić information content (AvgIpc) is 2.90. The molecule has 17 heavy (non-hydrogen) atoms. The van der Waals surface area contributed by atoms with Crippen molar-refractivity contribution in [2.24, 2.45) is 5.92 Å². The van der Waals surface area contributed by atoms with Gasteiger partial charge in [0.25, 0.3) is 0 Å². The molecule has 1 unspecified atom stereocenters. The van der Waals surface area contributed by atoms with Gasteiger partial charge in [-0.2, -0.15) is 0 Å². The van der Waals surface area contributed by atoms with E-state index < -0.39 is 0 Å². The maximum atomic E-state index is 11.9. The van der Waals surface area contributed by atoms with Crippen molar-refractivity contribution in [3.8, 4) is 0 Å². The van der Waals surface area contributed by atoms with E-state index in [1.165, 1.54) is 0 Å². The highest BCUT2D eigenvalue weighted by Gasteiger charge is 2.20. The monoisotopic (exact) mass is 258 g/mol. The molecule has 1 amide bonds. The van der Waals surface area contributed by atoms with Crippen molar-refractivity contribution in [1.82, 2.24) is 10.2 Å². The van der Waals surface area contributed by atoms with Crippen molar-refractivity contribution >= 4 is 18.3 Å². The summed E-state index contributed by atoms with van der Waals surface area (Å²) in [7, 11) is 1.83. The normalized spacial score (nSPS) is 18.8. The molecule has 1 saturated heterocycles. The van der Waals surface area contributed by atoms with Gasteiger partial charge in [0.2, 0.25) is 5.91 Å². The summed E-state index contributed by atoms with van der Waals surface area (Å²) in [6, 6.07) is 3.73. The Labute approximate surface area is 108 Å². The van der Waals surface area contributed by atoms with Crippen molar-refractivity contribution in [2.45, 2.75) is 19.4 Å². The van der Waals surface area contributed by atoms with Crippen molar-refractivity contribution in [1.29, 1.82) is 0 Å². The Kier molecular flexibility index (Phi) is 5.51. The average molecular weight is 259 g/mol. The van der Waals surface area contributed by atoms with Crippen molar-refractivity contribution in [3.63, 3.8) is 0 Å². The zero-order valence-electron chi connectivity index (χ0n) is 10.0. The van der Waals surface area contributed by atoms with Gasteiger partial charge in [0.05, 0.1) is 12.8 Å². The molecule has 2 heterocycles. The van der Waals surface area contributed by atoms with Gasteiger partial charge < -0.3 is 14.6 Å². The van der Waals surface area contributed by atoms with Crippen LogP contribution in [0, 0.1) is 5.92 Å². The molecule has 1 aliphatic heterocycles. The number of hydrogen-bond donors (Lipinski definition) is 1. The Hall–Kier alpha value is -1.00. The summed E-state index contributed by atoms with van der Waals surface area (Å²) < 4.78 is 5.22. The van der Waals surface area contributed by atoms with Gasteiger partial charge in [0.1, 0.15) is 5.76 Å². The summed E-state index contributed by atoms with van der Waals surface area (Å²) in [6.07, 6.45) is 3.39. The number of nitrogens with zero attached hydrogens (tertiary/aromatic N) is 1. The molecule has 0 bridgehead atoms. The third-order valence-corrected chi connectivity index (χ3v) is 3.02. The zero-order chi connectivity index (χ0) is 11.4. The number of carbonyl (C=O) groups excluding carboxylic acids is 1. The molecule has 1 aromatic rings. The van der Waals surface area contributed by atoms with Gasteiger partial charge in [0, 0.05) is 13.5 Å². The lowest BCUT2D eigenvalue weighted by molar-refractivity contribution is -0.131. The van der Waals surface area contributed by atoms with Crippen LogP contribution in [0.2, 0.25) is 0 Å². The van der Waals surface area contributed by atoms with Crippen LogP contribution in [0.5, 0.6) is 0 Å². The van der Waals surface area contributed by atoms with Crippen LogP contribution in [0.1, 0.15) is 18.6 Å². The van der Waals surface area contributed by atoms with Gasteiger partial charge >= 0.3 is 0 Å². The second kappa shape index (κ2) is 6.67. The minimum atomic E-state index is 0. The molecule has 0 radical (unpaired) electrons. The highest BCUT2D eigenvalue weighted by Crippen LogP contribution is 2.14. The number of nitrogens with one attached hydrogen (secondary N) is 1. The summed E-state index contributed by atoms with van der Waals surface area (Å²) in [4.78, 5) is 13.6. The van der Waals surface area contributed by atoms with Crippen LogP contribution in [0.3, 0.4) is 0 Å². The maximum absolute atomic E-state index is 11.9. The zero-order valence-corrected chi connectivity index (χ0v) is 10.8. The van der Waals surface area contributed by atoms with Crippen LogP contribution in [-0.2, 0) is 11.3 Å². The molecule has 1 fully saturated rings. The van der Waals surface area contributed by atoms with Gasteiger partial charge in [-0.15, -0.1) is 12.4 Å². The highest BCUT2D eigenvalue weighted by molar-refractivity contribution is 5.85. The Bertz CT molecular complexity index is 334. The summed E-state index contributed by atoms with van der Waals surface area (Å²) in [6.45, 7) is 2.58. The SMILES string of the molecule is CN(Cc1ccco1)C(=O)CC1CCNC1.Cl. The van der Waals surface area contributed by atoms with E-state index in [2.05, 4.69) is 5.32 Å². The maximum Gasteiger partial charge on any atom is 0.223 e. The number of amides is 1. The fourth-order valence-electron chi connectivity index (χ4n) is 2.02. The lowest BCUT2D eigenvalue weighted by atomic mass is 10.0. The summed E-state index contributed by atoms with van der Waals surface area (Å²) in [5.74, 6) is 1.54. The molecule has 0 spiro atoms. The first-order chi connectivity index (χ1) is 7.75. The fourth-order valence-corrected chi connectivity index (χ4v) is 2.02. The van der Waals surface area contributed by atoms with E-state index >= 15 is 0 Å². The van der Waals surface area contributed by atoms with Crippen molar-refractivity contribution in [3.05, 3.63) is 24.2 Å². The largest absolute Gasteiger partial charge is 0.467 e. The van der Waals surface area contributed by atoms with E-state index in [4.69, 9.17) is 4.42 Å². The van der Waals surface area contributed by atoms with Crippen LogP contribution in [0.4, 0.5) is 0 Å². The molecule has 1 N–H and O–H groups in total. The highest BCUT2D eigenvalue weighted by atomic mass is 35.5. The van der Waals surface area contributed by atoms with E-state index in [9.17, 15) is 4.79 Å². The number of rotatable bonds is 4.